The predicted molar refractivity (Wildman–Crippen MR) is 149 cm³/mol. The monoisotopic (exact) mass is 544 g/mol. The zero-order chi connectivity index (χ0) is 26.9. The number of hydrogen-bond acceptors (Lipinski definition) is 9. The molecule has 4 heterocycles. The van der Waals surface area contributed by atoms with Gasteiger partial charge in [-0.3, -0.25) is 9.89 Å². The van der Waals surface area contributed by atoms with Crippen LogP contribution in [0.25, 0.3) is 0 Å². The first-order chi connectivity index (χ1) is 18.2. The zero-order valence-electron chi connectivity index (χ0n) is 22.6. The fourth-order valence-corrected chi connectivity index (χ4v) is 7.44. The van der Waals surface area contributed by atoms with Gasteiger partial charge in [-0.2, -0.15) is 4.31 Å². The van der Waals surface area contributed by atoms with E-state index in [1.807, 2.05) is 6.08 Å². The van der Waals surface area contributed by atoms with Crippen molar-refractivity contribution in [2.24, 2.45) is 16.6 Å². The molecule has 2 saturated heterocycles. The van der Waals surface area contributed by atoms with Crippen LogP contribution in [0.1, 0.15) is 33.1 Å². The number of nitrogens with zero attached hydrogens (tertiary/aromatic N) is 3. The molecule has 2 fully saturated rings. The van der Waals surface area contributed by atoms with E-state index in [-0.39, 0.29) is 4.90 Å². The van der Waals surface area contributed by atoms with Gasteiger partial charge in [0.1, 0.15) is 17.4 Å². The van der Waals surface area contributed by atoms with Crippen LogP contribution in [0, 0.1) is 5.92 Å². The molecule has 0 radical (unpaired) electrons. The zero-order valence-corrected chi connectivity index (χ0v) is 23.4. The van der Waals surface area contributed by atoms with Crippen LogP contribution in [0.3, 0.4) is 0 Å². The van der Waals surface area contributed by atoms with Gasteiger partial charge >= 0.3 is 0 Å². The first kappa shape index (κ1) is 27.1. The normalized spacial score (nSPS) is 25.3. The van der Waals surface area contributed by atoms with Gasteiger partial charge in [0.15, 0.2) is 0 Å². The molecule has 0 aliphatic carbocycles. The number of rotatable bonds is 8. The number of anilines is 1. The van der Waals surface area contributed by atoms with Crippen molar-refractivity contribution in [1.82, 2.24) is 14.5 Å². The lowest BCUT2D eigenvalue weighted by Crippen LogP contribution is -2.51. The number of nitrogens with one attached hydrogen (secondary N) is 2. The minimum atomic E-state index is -3.64. The summed E-state index contributed by atoms with van der Waals surface area (Å²) < 4.78 is 39.7. The Morgan fingerprint density at radius 2 is 1.97 bits per heavy atom. The van der Waals surface area contributed by atoms with E-state index in [0.29, 0.717) is 48.9 Å². The number of fused-ring (bicyclic) bond motifs is 1. The summed E-state index contributed by atoms with van der Waals surface area (Å²) in [6.07, 6.45) is 6.50. The summed E-state index contributed by atoms with van der Waals surface area (Å²) in [6.45, 7) is 9.27. The molecule has 4 aliphatic rings. The van der Waals surface area contributed by atoms with Gasteiger partial charge in [-0.1, -0.05) is 19.9 Å². The highest BCUT2D eigenvalue weighted by atomic mass is 32.2. The number of aliphatic imine (C=N–C) groups is 1. The lowest BCUT2D eigenvalue weighted by molar-refractivity contribution is 0.00610. The van der Waals surface area contributed by atoms with E-state index in [1.165, 1.54) is 0 Å². The summed E-state index contributed by atoms with van der Waals surface area (Å²) in [6, 6.07) is 5.39. The third-order valence-electron chi connectivity index (χ3n) is 7.77. The van der Waals surface area contributed by atoms with Gasteiger partial charge in [0, 0.05) is 43.9 Å². The minimum absolute atomic E-state index is 0.230. The number of methoxy groups -OCH3 is 1. The number of hydrogen-bond donors (Lipinski definition) is 3. The average Bonchev–Trinajstić information content (AvgIpc) is 3.39. The second-order valence-corrected chi connectivity index (χ2v) is 12.8. The molecule has 1 aromatic rings. The Hall–Kier alpha value is -2.44. The number of morpholine rings is 1. The molecule has 11 heteroatoms. The summed E-state index contributed by atoms with van der Waals surface area (Å²) in [4.78, 5) is 7.21. The van der Waals surface area contributed by atoms with Crippen molar-refractivity contribution in [3.05, 3.63) is 41.7 Å². The van der Waals surface area contributed by atoms with Crippen LogP contribution < -0.4 is 21.1 Å². The Kier molecular flexibility index (Phi) is 7.84. The van der Waals surface area contributed by atoms with Crippen molar-refractivity contribution < 1.29 is 17.9 Å². The smallest absolute Gasteiger partial charge is 0.243 e. The Morgan fingerprint density at radius 1 is 1.24 bits per heavy atom. The van der Waals surface area contributed by atoms with Crippen molar-refractivity contribution in [2.75, 3.05) is 58.4 Å². The maximum atomic E-state index is 13.5. The average molecular weight is 545 g/mol. The van der Waals surface area contributed by atoms with Crippen molar-refractivity contribution in [1.29, 1.82) is 0 Å². The highest BCUT2D eigenvalue weighted by Gasteiger charge is 2.38. The maximum Gasteiger partial charge on any atom is 0.243 e. The molecule has 0 amide bonds. The molecular weight excluding hydrogens is 504 g/mol. The molecule has 208 valence electrons. The van der Waals surface area contributed by atoms with Crippen molar-refractivity contribution in [3.8, 4) is 5.75 Å². The molecule has 38 heavy (non-hydrogen) atoms. The largest absolute Gasteiger partial charge is 0.495 e. The van der Waals surface area contributed by atoms with Crippen LogP contribution in [-0.2, 0) is 14.8 Å². The van der Waals surface area contributed by atoms with E-state index in [4.69, 9.17) is 15.2 Å². The molecule has 10 nitrogen and oxygen atoms in total. The van der Waals surface area contributed by atoms with Gasteiger partial charge in [0.05, 0.1) is 43.0 Å². The molecular formula is C27H40N6O4S. The third-order valence-corrected chi connectivity index (χ3v) is 9.66. The minimum Gasteiger partial charge on any atom is -0.495 e. The van der Waals surface area contributed by atoms with E-state index >= 15 is 0 Å². The second kappa shape index (κ2) is 11.0. The van der Waals surface area contributed by atoms with Gasteiger partial charge < -0.3 is 25.8 Å². The SMILES string of the molecule is COc1cc(S(=O)(=O)N2CCC(N3CCOCC3)CC2)ccc1NC1=CC(N)(CC(C)C)C2=CCN=C2N1. The van der Waals surface area contributed by atoms with E-state index in [9.17, 15) is 8.42 Å². The molecule has 0 bridgehead atoms. The first-order valence-corrected chi connectivity index (χ1v) is 14.9. The number of benzene rings is 1. The number of sulfonamides is 1. The lowest BCUT2D eigenvalue weighted by atomic mass is 9.80. The molecule has 4 aliphatic heterocycles. The molecule has 0 aromatic heterocycles. The van der Waals surface area contributed by atoms with E-state index in [2.05, 4.69) is 40.4 Å². The second-order valence-electron chi connectivity index (χ2n) is 10.9. The van der Waals surface area contributed by atoms with Gasteiger partial charge in [0.25, 0.3) is 0 Å². The number of nitrogens with two attached hydrogens (primary N) is 1. The highest BCUT2D eigenvalue weighted by Crippen LogP contribution is 2.35. The fraction of sp³-hybridized carbons (Fsp3) is 0.593. The number of piperidine rings is 1. The van der Waals surface area contributed by atoms with Crippen molar-refractivity contribution in [2.45, 2.75) is 49.6 Å². The Morgan fingerprint density at radius 3 is 2.66 bits per heavy atom. The van der Waals surface area contributed by atoms with Crippen LogP contribution in [0.5, 0.6) is 5.75 Å². The summed E-state index contributed by atoms with van der Waals surface area (Å²) in [5.74, 6) is 2.32. The molecule has 0 spiro atoms. The van der Waals surface area contributed by atoms with Crippen LogP contribution in [0.4, 0.5) is 5.69 Å². The summed E-state index contributed by atoms with van der Waals surface area (Å²) in [5, 5.41) is 6.68. The van der Waals surface area contributed by atoms with Crippen molar-refractivity contribution in [3.63, 3.8) is 0 Å². The number of ether oxygens (including phenoxy) is 2. The molecule has 1 atom stereocenters. The first-order valence-electron chi connectivity index (χ1n) is 13.5. The maximum absolute atomic E-state index is 13.5. The number of amidine groups is 1. The molecule has 1 unspecified atom stereocenters. The van der Waals surface area contributed by atoms with Crippen LogP contribution in [0.15, 0.2) is 51.6 Å². The molecule has 0 saturated carbocycles. The molecule has 1 aromatic carbocycles. The molecule has 4 N–H and O–H groups in total. The van der Waals surface area contributed by atoms with E-state index in [0.717, 1.165) is 57.0 Å². The van der Waals surface area contributed by atoms with Crippen LogP contribution in [-0.4, -0.2) is 88.1 Å². The van der Waals surface area contributed by atoms with Gasteiger partial charge in [0.2, 0.25) is 10.0 Å². The summed E-state index contributed by atoms with van der Waals surface area (Å²) >= 11 is 0. The molecule has 5 rings (SSSR count). The summed E-state index contributed by atoms with van der Waals surface area (Å²) in [5.41, 5.74) is 7.88. The third kappa shape index (κ3) is 5.48. The van der Waals surface area contributed by atoms with Crippen molar-refractivity contribution >= 4 is 21.5 Å². The van der Waals surface area contributed by atoms with Gasteiger partial charge in [-0.25, -0.2) is 8.42 Å². The Bertz CT molecular complexity index is 1230. The van der Waals surface area contributed by atoms with Crippen LogP contribution >= 0.6 is 0 Å². The summed E-state index contributed by atoms with van der Waals surface area (Å²) in [7, 11) is -2.09. The Labute approximate surface area is 226 Å². The van der Waals surface area contributed by atoms with Gasteiger partial charge in [-0.05, 0) is 43.4 Å². The topological polar surface area (TPSA) is 122 Å². The quantitative estimate of drug-likeness (QED) is 0.455. The predicted octanol–water partition coefficient (Wildman–Crippen LogP) is 2.12. The lowest BCUT2D eigenvalue weighted by Gasteiger charge is -2.39. The highest BCUT2D eigenvalue weighted by molar-refractivity contribution is 7.89. The van der Waals surface area contributed by atoms with Crippen LogP contribution in [0.2, 0.25) is 0 Å². The van der Waals surface area contributed by atoms with E-state index < -0.39 is 15.6 Å². The van der Waals surface area contributed by atoms with Gasteiger partial charge in [-0.15, -0.1) is 0 Å². The fourth-order valence-electron chi connectivity index (χ4n) is 5.96. The standard InChI is InChI=1S/C27H40N6O4S/c1-19(2)17-27(28)18-25(31-26-22(27)6-9-29-26)30-23-5-4-21(16-24(23)36-3)38(34,35)33-10-7-20(8-11-33)32-12-14-37-15-13-32/h4-6,16,18-20,30H,7-15,17,28H2,1-3H3,(H,29,31). The Balaban J connectivity index is 1.31. The van der Waals surface area contributed by atoms with E-state index in [1.54, 1.807) is 29.6 Å².